The van der Waals surface area contributed by atoms with Crippen LogP contribution < -0.4 is 15.0 Å². The molecular weight excluding hydrogens is 486 g/mol. The number of benzene rings is 4. The summed E-state index contributed by atoms with van der Waals surface area (Å²) in [5, 5.41) is 19.2. The van der Waals surface area contributed by atoms with Gasteiger partial charge in [-0.15, -0.1) is 10.2 Å². The molecule has 4 aromatic carbocycles. The van der Waals surface area contributed by atoms with E-state index in [-0.39, 0.29) is 5.56 Å². The number of hydrogen-bond acceptors (Lipinski definition) is 8. The smallest absolute Gasteiger partial charge is 0.366 e. The number of aliphatic hydroxyl groups is 1. The van der Waals surface area contributed by atoms with Crippen LogP contribution in [0.15, 0.2) is 113 Å². The number of nitrogens with zero attached hydrogens (tertiary/aromatic N) is 2. The Labute approximate surface area is 219 Å². The van der Waals surface area contributed by atoms with Gasteiger partial charge in [-0.25, -0.2) is 10.3 Å². The quantitative estimate of drug-likeness (QED) is 0.227. The van der Waals surface area contributed by atoms with Crippen LogP contribution in [0.3, 0.4) is 0 Å². The number of anilines is 1. The van der Waals surface area contributed by atoms with E-state index in [1.807, 2.05) is 0 Å². The number of carbonyl (C=O) groups excluding carboxylic acids is 2. The second kappa shape index (κ2) is 11.8. The van der Waals surface area contributed by atoms with E-state index in [4.69, 9.17) is 14.3 Å². The number of rotatable bonds is 9. The molecule has 0 unspecified atom stereocenters. The van der Waals surface area contributed by atoms with Gasteiger partial charge in [0.1, 0.15) is 17.1 Å². The van der Waals surface area contributed by atoms with Gasteiger partial charge < -0.3 is 19.4 Å². The predicted molar refractivity (Wildman–Crippen MR) is 140 cm³/mol. The Hall–Kier alpha value is -5.02. The zero-order valence-electron chi connectivity index (χ0n) is 20.7. The molecule has 0 bridgehead atoms. The molecule has 1 amide bonds. The largest absolute Gasteiger partial charge is 0.497 e. The molecule has 0 aliphatic rings. The van der Waals surface area contributed by atoms with Crippen LogP contribution in [0.25, 0.3) is 0 Å². The first kappa shape index (κ1) is 26.1. The summed E-state index contributed by atoms with van der Waals surface area (Å²) in [4.78, 5) is 30.7. The zero-order valence-corrected chi connectivity index (χ0v) is 20.7. The first-order valence-electron chi connectivity index (χ1n) is 11.5. The Morgan fingerprint density at radius 3 is 1.95 bits per heavy atom. The highest BCUT2D eigenvalue weighted by Crippen LogP contribution is 2.32. The lowest BCUT2D eigenvalue weighted by atomic mass is 9.86. The van der Waals surface area contributed by atoms with E-state index in [1.165, 1.54) is 20.3 Å². The van der Waals surface area contributed by atoms with E-state index in [9.17, 15) is 14.7 Å². The molecule has 9 heteroatoms. The number of carbonyl (C=O) groups is 2. The Balaban J connectivity index is 1.45. The summed E-state index contributed by atoms with van der Waals surface area (Å²) in [5.74, 6) is -0.637. The van der Waals surface area contributed by atoms with Crippen molar-refractivity contribution in [3.05, 3.63) is 120 Å². The molecule has 0 saturated carbocycles. The molecular formula is C29H25N3O6. The molecule has 4 rings (SSSR count). The summed E-state index contributed by atoms with van der Waals surface area (Å²) in [5.41, 5.74) is 2.36. The standard InChI is InChI=1S/C29H25N3O6/c1-36-24-17-18-25(26(19-24)37-2)27(33)38-32-23-15-13-22(14-16-23)30-31-28(34)29(35,20-9-5-3-6-10-20)21-11-7-4-8-12-21/h3-19,32,35H,1-2H3. The number of azo groups is 1. The average Bonchev–Trinajstić information content (AvgIpc) is 2.99. The molecule has 0 heterocycles. The van der Waals surface area contributed by atoms with Crippen LogP contribution in [-0.2, 0) is 15.2 Å². The number of amides is 1. The van der Waals surface area contributed by atoms with Crippen LogP contribution >= 0.6 is 0 Å². The molecule has 0 aliphatic carbocycles. The monoisotopic (exact) mass is 511 g/mol. The van der Waals surface area contributed by atoms with Crippen LogP contribution in [0.4, 0.5) is 11.4 Å². The summed E-state index contributed by atoms with van der Waals surface area (Å²) >= 11 is 0. The van der Waals surface area contributed by atoms with Gasteiger partial charge in [0.15, 0.2) is 5.60 Å². The molecule has 0 atom stereocenters. The molecule has 38 heavy (non-hydrogen) atoms. The summed E-state index contributed by atoms with van der Waals surface area (Å²) < 4.78 is 10.4. The van der Waals surface area contributed by atoms with E-state index in [1.54, 1.807) is 97.1 Å². The fourth-order valence-electron chi connectivity index (χ4n) is 3.67. The van der Waals surface area contributed by atoms with Gasteiger partial charge in [-0.3, -0.25) is 4.79 Å². The van der Waals surface area contributed by atoms with Gasteiger partial charge in [-0.05, 0) is 47.5 Å². The second-order valence-corrected chi connectivity index (χ2v) is 8.05. The topological polar surface area (TPSA) is 119 Å². The molecule has 0 fully saturated rings. The van der Waals surface area contributed by atoms with Gasteiger partial charge in [0.2, 0.25) is 0 Å². The van der Waals surface area contributed by atoms with Crippen LogP contribution in [0.2, 0.25) is 0 Å². The van der Waals surface area contributed by atoms with E-state index < -0.39 is 17.5 Å². The van der Waals surface area contributed by atoms with Gasteiger partial charge in [0.25, 0.3) is 0 Å². The van der Waals surface area contributed by atoms with Gasteiger partial charge in [0, 0.05) is 6.07 Å². The molecule has 192 valence electrons. The van der Waals surface area contributed by atoms with Gasteiger partial charge in [-0.1, -0.05) is 60.7 Å². The molecule has 9 nitrogen and oxygen atoms in total. The van der Waals surface area contributed by atoms with Gasteiger partial charge >= 0.3 is 11.9 Å². The molecule has 0 aliphatic heterocycles. The number of hydrogen-bond donors (Lipinski definition) is 2. The van der Waals surface area contributed by atoms with E-state index in [2.05, 4.69) is 15.7 Å². The molecule has 4 aromatic rings. The van der Waals surface area contributed by atoms with Crippen molar-refractivity contribution in [1.82, 2.24) is 0 Å². The lowest BCUT2D eigenvalue weighted by Gasteiger charge is -2.25. The maximum atomic E-state index is 13.1. The maximum absolute atomic E-state index is 13.1. The Morgan fingerprint density at radius 1 is 0.789 bits per heavy atom. The average molecular weight is 512 g/mol. The molecule has 2 N–H and O–H groups in total. The van der Waals surface area contributed by atoms with E-state index in [0.717, 1.165) is 0 Å². The van der Waals surface area contributed by atoms with Crippen LogP contribution in [0, 0.1) is 0 Å². The van der Waals surface area contributed by atoms with Crippen LogP contribution in [0.1, 0.15) is 21.5 Å². The minimum atomic E-state index is -2.00. The predicted octanol–water partition coefficient (Wildman–Crippen LogP) is 5.43. The van der Waals surface area contributed by atoms with Gasteiger partial charge in [-0.2, -0.15) is 0 Å². The lowest BCUT2D eigenvalue weighted by Crippen LogP contribution is -2.35. The summed E-state index contributed by atoms with van der Waals surface area (Å²) in [6.07, 6.45) is 0. The minimum absolute atomic E-state index is 0.217. The first-order valence-corrected chi connectivity index (χ1v) is 11.5. The highest BCUT2D eigenvalue weighted by molar-refractivity contribution is 5.93. The third-order valence-electron chi connectivity index (χ3n) is 5.71. The summed E-state index contributed by atoms with van der Waals surface area (Å²) in [6.45, 7) is 0. The van der Waals surface area contributed by atoms with E-state index >= 15 is 0 Å². The Morgan fingerprint density at radius 2 is 1.39 bits per heavy atom. The summed E-state index contributed by atoms with van der Waals surface area (Å²) in [7, 11) is 2.96. The first-order chi connectivity index (χ1) is 18.5. The molecule has 0 aromatic heterocycles. The fourth-order valence-corrected chi connectivity index (χ4v) is 3.67. The SMILES string of the molecule is COc1ccc(C(=O)ONc2ccc(N=NC(=O)C(O)(c3ccccc3)c3ccccc3)cc2)c(OC)c1. The molecule has 0 saturated heterocycles. The Bertz CT molecular complexity index is 1380. The third kappa shape index (κ3) is 5.69. The lowest BCUT2D eigenvalue weighted by molar-refractivity contribution is -0.133. The fraction of sp³-hybridized carbons (Fsp3) is 0.103. The van der Waals surface area contributed by atoms with Crippen molar-refractivity contribution in [2.45, 2.75) is 5.60 Å². The van der Waals surface area contributed by atoms with Crippen LogP contribution in [-0.4, -0.2) is 31.2 Å². The second-order valence-electron chi connectivity index (χ2n) is 8.05. The highest BCUT2D eigenvalue weighted by atomic mass is 16.7. The maximum Gasteiger partial charge on any atom is 0.366 e. The number of nitrogens with one attached hydrogen (secondary N) is 1. The number of methoxy groups -OCH3 is 2. The number of ether oxygens (including phenoxy) is 2. The van der Waals surface area contributed by atoms with Crippen molar-refractivity contribution in [2.75, 3.05) is 19.7 Å². The van der Waals surface area contributed by atoms with Crippen LogP contribution in [0.5, 0.6) is 11.5 Å². The molecule has 0 spiro atoms. The normalized spacial score (nSPS) is 11.1. The highest BCUT2D eigenvalue weighted by Gasteiger charge is 2.40. The van der Waals surface area contributed by atoms with Crippen molar-refractivity contribution in [3.63, 3.8) is 0 Å². The van der Waals surface area contributed by atoms with Gasteiger partial charge in [0.05, 0.1) is 25.6 Å². The van der Waals surface area contributed by atoms with Crippen molar-refractivity contribution in [1.29, 1.82) is 0 Å². The van der Waals surface area contributed by atoms with Crippen molar-refractivity contribution in [3.8, 4) is 11.5 Å². The third-order valence-corrected chi connectivity index (χ3v) is 5.71. The van der Waals surface area contributed by atoms with Crippen molar-refractivity contribution >= 4 is 23.3 Å². The molecule has 0 radical (unpaired) electrons. The van der Waals surface area contributed by atoms with E-state index in [0.29, 0.717) is 34.0 Å². The summed E-state index contributed by atoms with van der Waals surface area (Å²) in [6, 6.07) is 28.2. The zero-order chi connectivity index (χ0) is 27.0. The van der Waals surface area contributed by atoms with Crippen molar-refractivity contribution in [2.24, 2.45) is 10.2 Å². The Kier molecular flexibility index (Phi) is 8.10. The minimum Gasteiger partial charge on any atom is -0.497 e. The van der Waals surface area contributed by atoms with Crippen molar-refractivity contribution < 1.29 is 29.0 Å².